The Morgan fingerprint density at radius 1 is 0.871 bits per heavy atom. The van der Waals surface area contributed by atoms with Crippen LogP contribution < -0.4 is 14.9 Å². The Labute approximate surface area is 363 Å². The number of likely N-dealkylation sites (tertiary alicyclic amines) is 1. The SMILES string of the molecule is CCC1(CCc2ncnc3c2c(-c2ccc(Oc4cccc(C)n4)cc2)c(C2(O)CCN(C(=O)OC(C)(C)C)C2)n3C)OB(c2ccc(Oc3cccc(C)n3)cc2)OC1(C)C. The highest BCUT2D eigenvalue weighted by Gasteiger charge is 2.56. The minimum Gasteiger partial charge on any atom is -0.444 e. The summed E-state index contributed by atoms with van der Waals surface area (Å²) >= 11 is 0. The van der Waals surface area contributed by atoms with Gasteiger partial charge in [0.15, 0.2) is 0 Å². The number of aryl methyl sites for hydroxylation is 4. The molecule has 62 heavy (non-hydrogen) atoms. The van der Waals surface area contributed by atoms with Crippen molar-refractivity contribution in [1.29, 1.82) is 0 Å². The van der Waals surface area contributed by atoms with Gasteiger partial charge in [-0.3, -0.25) is 0 Å². The molecule has 1 N–H and O–H groups in total. The second-order valence-corrected chi connectivity index (χ2v) is 17.9. The molecule has 2 unspecified atom stereocenters. The molecule has 0 bridgehead atoms. The van der Waals surface area contributed by atoms with Crippen molar-refractivity contribution in [3.05, 3.63) is 114 Å². The summed E-state index contributed by atoms with van der Waals surface area (Å²) in [4.78, 5) is 33.6. The minimum absolute atomic E-state index is 0.0533. The van der Waals surface area contributed by atoms with Gasteiger partial charge in [-0.1, -0.05) is 43.3 Å². The summed E-state index contributed by atoms with van der Waals surface area (Å²) in [5, 5.41) is 13.5. The maximum absolute atomic E-state index is 13.3. The van der Waals surface area contributed by atoms with Gasteiger partial charge in [-0.2, -0.15) is 0 Å². The number of hydrogen-bond donors (Lipinski definition) is 1. The van der Waals surface area contributed by atoms with Crippen LogP contribution in [0.4, 0.5) is 4.79 Å². The Hall–Kier alpha value is -5.83. The van der Waals surface area contributed by atoms with E-state index >= 15 is 0 Å². The molecule has 0 radical (unpaired) electrons. The lowest BCUT2D eigenvalue weighted by Gasteiger charge is -2.39. The number of carbonyl (C=O) groups is 1. The van der Waals surface area contributed by atoms with Gasteiger partial charge < -0.3 is 38.1 Å². The van der Waals surface area contributed by atoms with E-state index in [1.54, 1.807) is 11.2 Å². The number of carbonyl (C=O) groups excluding carboxylic acids is 1. The lowest BCUT2D eigenvalue weighted by molar-refractivity contribution is -0.0331. The quantitative estimate of drug-likeness (QED) is 0.125. The van der Waals surface area contributed by atoms with Gasteiger partial charge in [0, 0.05) is 54.5 Å². The number of amides is 1. The van der Waals surface area contributed by atoms with Crippen molar-refractivity contribution in [3.63, 3.8) is 0 Å². The first-order valence-corrected chi connectivity index (χ1v) is 21.3. The molecule has 2 atom stereocenters. The van der Waals surface area contributed by atoms with Crippen LogP contribution in [0.3, 0.4) is 0 Å². The molecule has 2 saturated heterocycles. The number of benzene rings is 2. The highest BCUT2D eigenvalue weighted by molar-refractivity contribution is 6.62. The van der Waals surface area contributed by atoms with Crippen LogP contribution in [0.25, 0.3) is 22.2 Å². The molecule has 6 heterocycles. The van der Waals surface area contributed by atoms with Gasteiger partial charge in [-0.15, -0.1) is 0 Å². The van der Waals surface area contributed by atoms with Crippen LogP contribution in [0, 0.1) is 13.8 Å². The number of nitrogens with zero attached hydrogens (tertiary/aromatic N) is 6. The zero-order valence-corrected chi connectivity index (χ0v) is 37.1. The van der Waals surface area contributed by atoms with E-state index in [4.69, 9.17) is 33.5 Å². The van der Waals surface area contributed by atoms with Crippen LogP contribution in [0.2, 0.25) is 0 Å². The van der Waals surface area contributed by atoms with Gasteiger partial charge >= 0.3 is 13.2 Å². The molecule has 6 aromatic rings. The predicted octanol–water partition coefficient (Wildman–Crippen LogP) is 8.76. The molecule has 0 spiro atoms. The van der Waals surface area contributed by atoms with Crippen LogP contribution in [0.15, 0.2) is 91.3 Å². The number of ether oxygens (including phenoxy) is 3. The highest BCUT2D eigenvalue weighted by Crippen LogP contribution is 2.47. The number of aliphatic hydroxyl groups is 1. The number of fused-ring (bicyclic) bond motifs is 1. The third kappa shape index (κ3) is 8.51. The summed E-state index contributed by atoms with van der Waals surface area (Å²) in [5.74, 6) is 2.32. The van der Waals surface area contributed by atoms with Crippen molar-refractivity contribution in [2.75, 3.05) is 13.1 Å². The molecule has 2 aliphatic rings. The standard InChI is InChI=1S/C48H55BN6O7/c1-10-48(46(7,8)61-49(62-48)34-19-23-36(24-20-34)59-39-16-12-14-32(3)53-39)26-25-37-41-40(33-17-21-35(22-18-33)58-38-15-11-13-31(2)52-38)42(54(9)43(41)51-30-50-37)47(57)27-28-55(29-47)44(56)60-45(4,5)6/h11-24,30,57H,10,25-29H2,1-9H3. The second kappa shape index (κ2) is 16.5. The molecule has 2 fully saturated rings. The summed E-state index contributed by atoms with van der Waals surface area (Å²) in [6, 6.07) is 26.8. The van der Waals surface area contributed by atoms with E-state index in [9.17, 15) is 9.90 Å². The van der Waals surface area contributed by atoms with E-state index in [0.717, 1.165) is 39.1 Å². The van der Waals surface area contributed by atoms with Crippen LogP contribution in [-0.4, -0.2) is 77.6 Å². The Bertz CT molecular complexity index is 2590. The number of rotatable bonds is 11. The molecule has 2 aromatic carbocycles. The Morgan fingerprint density at radius 2 is 1.48 bits per heavy atom. The average molecular weight is 839 g/mol. The number of β-amino-alcohol motifs (C(OH)–C–C–N with tert-alkyl or cyclic N) is 1. The normalized spacial score (nSPS) is 19.9. The van der Waals surface area contributed by atoms with Gasteiger partial charge in [-0.25, -0.2) is 24.7 Å². The lowest BCUT2D eigenvalue weighted by Crippen LogP contribution is -2.47. The van der Waals surface area contributed by atoms with E-state index in [0.29, 0.717) is 66.8 Å². The summed E-state index contributed by atoms with van der Waals surface area (Å²) < 4.78 is 33.5. The molecule has 0 aliphatic carbocycles. The Balaban J connectivity index is 1.12. The van der Waals surface area contributed by atoms with E-state index < -0.39 is 35.6 Å². The molecule has 322 valence electrons. The lowest BCUT2D eigenvalue weighted by atomic mass is 9.78. The van der Waals surface area contributed by atoms with E-state index in [-0.39, 0.29) is 6.54 Å². The van der Waals surface area contributed by atoms with Crippen LogP contribution in [-0.2, 0) is 33.1 Å². The maximum Gasteiger partial charge on any atom is 0.494 e. The van der Waals surface area contributed by atoms with Crippen molar-refractivity contribution in [2.45, 2.75) is 103 Å². The fourth-order valence-corrected chi connectivity index (χ4v) is 8.82. The summed E-state index contributed by atoms with van der Waals surface area (Å²) in [6.07, 6.45) is 3.24. The molecule has 8 rings (SSSR count). The van der Waals surface area contributed by atoms with E-state index in [1.165, 1.54) is 0 Å². The van der Waals surface area contributed by atoms with Crippen molar-refractivity contribution in [3.8, 4) is 34.4 Å². The summed E-state index contributed by atoms with van der Waals surface area (Å²) in [7, 11) is 1.32. The monoisotopic (exact) mass is 838 g/mol. The molecular weight excluding hydrogens is 783 g/mol. The molecular formula is C48H55BN6O7. The minimum atomic E-state index is -1.42. The van der Waals surface area contributed by atoms with E-state index in [1.807, 2.05) is 131 Å². The van der Waals surface area contributed by atoms with Crippen LogP contribution in [0.1, 0.15) is 83.6 Å². The number of aromatic nitrogens is 5. The first-order valence-electron chi connectivity index (χ1n) is 21.3. The average Bonchev–Trinajstić information content (AvgIpc) is 3.86. The van der Waals surface area contributed by atoms with Gasteiger partial charge in [0.05, 0.1) is 29.1 Å². The first-order chi connectivity index (χ1) is 29.5. The zero-order chi connectivity index (χ0) is 44.0. The largest absolute Gasteiger partial charge is 0.494 e. The maximum atomic E-state index is 13.3. The van der Waals surface area contributed by atoms with Gasteiger partial charge in [-0.05, 0) is 115 Å². The molecule has 1 amide bonds. The molecule has 14 heteroatoms. The van der Waals surface area contributed by atoms with Gasteiger partial charge in [0.1, 0.15) is 34.7 Å². The molecule has 0 saturated carbocycles. The predicted molar refractivity (Wildman–Crippen MR) is 238 cm³/mol. The van der Waals surface area contributed by atoms with Crippen molar-refractivity contribution in [1.82, 2.24) is 29.4 Å². The van der Waals surface area contributed by atoms with Crippen molar-refractivity contribution >= 4 is 29.7 Å². The summed E-state index contributed by atoms with van der Waals surface area (Å²) in [6.45, 7) is 16.0. The first kappa shape index (κ1) is 42.8. The fraction of sp³-hybridized carbons (Fsp3) is 0.396. The smallest absolute Gasteiger partial charge is 0.444 e. The highest BCUT2D eigenvalue weighted by atomic mass is 16.7. The van der Waals surface area contributed by atoms with E-state index in [2.05, 4.69) is 30.7 Å². The second-order valence-electron chi connectivity index (χ2n) is 17.9. The fourth-order valence-electron chi connectivity index (χ4n) is 8.82. The number of hydrogen-bond acceptors (Lipinski definition) is 11. The molecule has 13 nitrogen and oxygen atoms in total. The Kier molecular flexibility index (Phi) is 11.4. The van der Waals surface area contributed by atoms with Crippen molar-refractivity contribution < 1.29 is 33.4 Å². The topological polar surface area (TPSA) is 143 Å². The van der Waals surface area contributed by atoms with Crippen LogP contribution in [0.5, 0.6) is 23.3 Å². The zero-order valence-electron chi connectivity index (χ0n) is 37.1. The van der Waals surface area contributed by atoms with Crippen molar-refractivity contribution in [2.24, 2.45) is 7.05 Å². The number of pyridine rings is 2. The Morgan fingerprint density at radius 3 is 2.06 bits per heavy atom. The van der Waals surface area contributed by atoms with Crippen LogP contribution >= 0.6 is 0 Å². The van der Waals surface area contributed by atoms with Gasteiger partial charge in [0.2, 0.25) is 11.8 Å². The molecule has 2 aliphatic heterocycles. The summed E-state index contributed by atoms with van der Waals surface area (Å²) in [5.41, 5.74) is 2.95. The third-order valence-electron chi connectivity index (χ3n) is 12.0. The third-order valence-corrected chi connectivity index (χ3v) is 12.0. The van der Waals surface area contributed by atoms with Gasteiger partial charge in [0.25, 0.3) is 0 Å². The molecule has 4 aromatic heterocycles.